The molecule has 2 rings (SSSR count). The highest BCUT2D eigenvalue weighted by Crippen LogP contribution is 2.25. The van der Waals surface area contributed by atoms with Crippen LogP contribution in [0.3, 0.4) is 0 Å². The molecule has 0 aliphatic carbocycles. The fourth-order valence-electron chi connectivity index (χ4n) is 2.23. The van der Waals surface area contributed by atoms with E-state index in [1.54, 1.807) is 14.0 Å². The van der Waals surface area contributed by atoms with Crippen LogP contribution in [-0.2, 0) is 14.9 Å². The summed E-state index contributed by atoms with van der Waals surface area (Å²) in [5, 5.41) is 6.24. The van der Waals surface area contributed by atoms with Crippen LogP contribution in [0.5, 0.6) is 0 Å². The minimum atomic E-state index is -0.561. The fourth-order valence-corrected chi connectivity index (χ4v) is 2.97. The van der Waals surface area contributed by atoms with E-state index >= 15 is 0 Å². The maximum absolute atomic E-state index is 12.1. The second-order valence-corrected chi connectivity index (χ2v) is 7.45. The van der Waals surface area contributed by atoms with Crippen LogP contribution in [0, 0.1) is 6.92 Å². The average molecular weight is 361 g/mol. The molecule has 0 radical (unpaired) electrons. The molecule has 0 fully saturated rings. The molecule has 134 valence electrons. The molecule has 1 heterocycles. The van der Waals surface area contributed by atoms with Crippen LogP contribution in [0.25, 0.3) is 0 Å². The lowest BCUT2D eigenvalue weighted by atomic mass is 9.87. The van der Waals surface area contributed by atoms with E-state index in [1.807, 2.05) is 24.3 Å². The Balaban J connectivity index is 1.92. The van der Waals surface area contributed by atoms with Crippen molar-refractivity contribution < 1.29 is 14.3 Å². The number of aromatic nitrogens is 1. The minimum Gasteiger partial charge on any atom is -0.452 e. The van der Waals surface area contributed by atoms with Crippen molar-refractivity contribution in [3.05, 3.63) is 41.1 Å². The fraction of sp³-hybridized carbons (Fsp3) is 0.389. The Morgan fingerprint density at radius 1 is 1.20 bits per heavy atom. The van der Waals surface area contributed by atoms with Gasteiger partial charge in [0.25, 0.3) is 5.91 Å². The van der Waals surface area contributed by atoms with Crippen LogP contribution in [0.4, 0.5) is 10.7 Å². The standard InChI is InChI=1S/C18H23N3O3S/c1-11-15(16(19-5)25-21-11)17(23)24-10-14(22)20-13-8-6-12(7-9-13)18(2,3)4/h6-9,19H,10H2,1-5H3,(H,20,22). The average Bonchev–Trinajstić information content (AvgIpc) is 2.93. The van der Waals surface area contributed by atoms with Crippen molar-refractivity contribution in [2.45, 2.75) is 33.1 Å². The first-order chi connectivity index (χ1) is 11.7. The molecule has 1 amide bonds. The summed E-state index contributed by atoms with van der Waals surface area (Å²) in [5.74, 6) is -0.947. The number of nitrogens with one attached hydrogen (secondary N) is 2. The predicted molar refractivity (Wildman–Crippen MR) is 100 cm³/mol. The topological polar surface area (TPSA) is 80.3 Å². The van der Waals surface area contributed by atoms with Crippen LogP contribution in [0.1, 0.15) is 42.4 Å². The summed E-state index contributed by atoms with van der Waals surface area (Å²) in [5.41, 5.74) is 2.85. The summed E-state index contributed by atoms with van der Waals surface area (Å²) in [7, 11) is 1.71. The van der Waals surface area contributed by atoms with Gasteiger partial charge >= 0.3 is 5.97 Å². The molecular weight excluding hydrogens is 338 g/mol. The number of esters is 1. The van der Waals surface area contributed by atoms with Crippen molar-refractivity contribution in [1.82, 2.24) is 4.37 Å². The van der Waals surface area contributed by atoms with Gasteiger partial charge in [-0.2, -0.15) is 4.37 Å². The van der Waals surface area contributed by atoms with E-state index in [1.165, 1.54) is 17.1 Å². The number of amides is 1. The highest BCUT2D eigenvalue weighted by Gasteiger charge is 2.20. The number of anilines is 2. The number of carbonyl (C=O) groups excluding carboxylic acids is 2. The van der Waals surface area contributed by atoms with Gasteiger partial charge in [-0.05, 0) is 41.6 Å². The van der Waals surface area contributed by atoms with E-state index in [9.17, 15) is 9.59 Å². The number of carbonyl (C=O) groups is 2. The van der Waals surface area contributed by atoms with Crippen LogP contribution in [-0.4, -0.2) is 29.9 Å². The number of nitrogens with zero attached hydrogens (tertiary/aromatic N) is 1. The Morgan fingerprint density at radius 3 is 2.40 bits per heavy atom. The second-order valence-electron chi connectivity index (χ2n) is 6.67. The molecule has 0 spiro atoms. The zero-order chi connectivity index (χ0) is 18.6. The number of hydrogen-bond donors (Lipinski definition) is 2. The molecule has 0 saturated heterocycles. The Labute approximate surface area is 151 Å². The third-order valence-corrected chi connectivity index (χ3v) is 4.62. The third-order valence-electron chi connectivity index (χ3n) is 3.66. The molecule has 1 aromatic carbocycles. The molecule has 6 nitrogen and oxygen atoms in total. The summed E-state index contributed by atoms with van der Waals surface area (Å²) in [6.07, 6.45) is 0. The molecule has 2 N–H and O–H groups in total. The van der Waals surface area contributed by atoms with Gasteiger partial charge in [0.05, 0.1) is 5.69 Å². The first-order valence-electron chi connectivity index (χ1n) is 7.94. The number of benzene rings is 1. The first-order valence-corrected chi connectivity index (χ1v) is 8.71. The highest BCUT2D eigenvalue weighted by atomic mass is 32.1. The smallest absolute Gasteiger partial charge is 0.343 e. The Kier molecular flexibility index (Phi) is 5.79. The van der Waals surface area contributed by atoms with Gasteiger partial charge in [-0.15, -0.1) is 0 Å². The SMILES string of the molecule is CNc1snc(C)c1C(=O)OCC(=O)Nc1ccc(C(C)(C)C)cc1. The van der Waals surface area contributed by atoms with Crippen molar-refractivity contribution in [3.8, 4) is 0 Å². The van der Waals surface area contributed by atoms with E-state index in [2.05, 4.69) is 35.8 Å². The maximum atomic E-state index is 12.1. The normalized spacial score (nSPS) is 11.1. The van der Waals surface area contributed by atoms with Gasteiger partial charge in [-0.3, -0.25) is 4.79 Å². The molecule has 0 aliphatic rings. The van der Waals surface area contributed by atoms with E-state index in [0.29, 0.717) is 21.9 Å². The van der Waals surface area contributed by atoms with Crippen LogP contribution >= 0.6 is 11.5 Å². The zero-order valence-electron chi connectivity index (χ0n) is 15.1. The van der Waals surface area contributed by atoms with Gasteiger partial charge < -0.3 is 15.4 Å². The van der Waals surface area contributed by atoms with Gasteiger partial charge in [-0.1, -0.05) is 32.9 Å². The van der Waals surface area contributed by atoms with Gasteiger partial charge in [0, 0.05) is 12.7 Å². The lowest BCUT2D eigenvalue weighted by Gasteiger charge is -2.19. The lowest BCUT2D eigenvalue weighted by molar-refractivity contribution is -0.119. The first kappa shape index (κ1) is 18.9. The lowest BCUT2D eigenvalue weighted by Crippen LogP contribution is -2.21. The van der Waals surface area contributed by atoms with Crippen molar-refractivity contribution in [3.63, 3.8) is 0 Å². The van der Waals surface area contributed by atoms with Gasteiger partial charge in [0.1, 0.15) is 10.6 Å². The quantitative estimate of drug-likeness (QED) is 0.796. The number of hydrogen-bond acceptors (Lipinski definition) is 6. The molecule has 25 heavy (non-hydrogen) atoms. The summed E-state index contributed by atoms with van der Waals surface area (Å²) in [6.45, 7) is 7.76. The van der Waals surface area contributed by atoms with Gasteiger partial charge in [0.2, 0.25) is 0 Å². The molecular formula is C18H23N3O3S. The largest absolute Gasteiger partial charge is 0.452 e. The van der Waals surface area contributed by atoms with Crippen LogP contribution in [0.15, 0.2) is 24.3 Å². The van der Waals surface area contributed by atoms with Crippen LogP contribution < -0.4 is 10.6 Å². The van der Waals surface area contributed by atoms with E-state index < -0.39 is 5.97 Å². The number of ether oxygens (including phenoxy) is 1. The van der Waals surface area contributed by atoms with Crippen LogP contribution in [0.2, 0.25) is 0 Å². The molecule has 2 aromatic rings. The van der Waals surface area contributed by atoms with Gasteiger partial charge in [-0.25, -0.2) is 4.79 Å². The molecule has 7 heteroatoms. The Morgan fingerprint density at radius 2 is 1.84 bits per heavy atom. The minimum absolute atomic E-state index is 0.0511. The van der Waals surface area contributed by atoms with E-state index in [-0.39, 0.29) is 17.9 Å². The predicted octanol–water partition coefficient (Wildman–Crippen LogP) is 3.59. The van der Waals surface area contributed by atoms with Crippen molar-refractivity contribution in [1.29, 1.82) is 0 Å². The summed E-state index contributed by atoms with van der Waals surface area (Å²) in [6, 6.07) is 7.63. The van der Waals surface area contributed by atoms with Crippen molar-refractivity contribution in [2.24, 2.45) is 0 Å². The summed E-state index contributed by atoms with van der Waals surface area (Å²) < 4.78 is 9.21. The maximum Gasteiger partial charge on any atom is 0.343 e. The molecule has 0 saturated carbocycles. The summed E-state index contributed by atoms with van der Waals surface area (Å²) >= 11 is 1.18. The molecule has 1 aromatic heterocycles. The summed E-state index contributed by atoms with van der Waals surface area (Å²) in [4.78, 5) is 24.1. The van der Waals surface area contributed by atoms with E-state index in [4.69, 9.17) is 4.74 Å². The molecule has 0 unspecified atom stereocenters. The van der Waals surface area contributed by atoms with Crippen molar-refractivity contribution >= 4 is 34.1 Å². The molecule has 0 bridgehead atoms. The third kappa shape index (κ3) is 4.79. The number of aryl methyl sites for hydroxylation is 1. The molecule has 0 aliphatic heterocycles. The monoisotopic (exact) mass is 361 g/mol. The Hall–Kier alpha value is -2.41. The number of rotatable bonds is 5. The molecule has 0 atom stereocenters. The van der Waals surface area contributed by atoms with E-state index in [0.717, 1.165) is 0 Å². The van der Waals surface area contributed by atoms with Gasteiger partial charge in [0.15, 0.2) is 6.61 Å². The van der Waals surface area contributed by atoms with Crippen molar-refractivity contribution in [2.75, 3.05) is 24.3 Å². The highest BCUT2D eigenvalue weighted by molar-refractivity contribution is 7.10. The zero-order valence-corrected chi connectivity index (χ0v) is 15.9. The second kappa shape index (κ2) is 7.65. The Bertz CT molecular complexity index is 761.